The maximum absolute atomic E-state index is 13.9. The molecular formula is C25H26FN3O2. The Morgan fingerprint density at radius 2 is 1.52 bits per heavy atom. The molecular weight excluding hydrogens is 393 g/mol. The van der Waals surface area contributed by atoms with Crippen LogP contribution in [0.3, 0.4) is 0 Å². The van der Waals surface area contributed by atoms with Gasteiger partial charge >= 0.3 is 0 Å². The van der Waals surface area contributed by atoms with Gasteiger partial charge in [-0.2, -0.15) is 0 Å². The number of carbonyl (C=O) groups excluding carboxylic acids is 2. The summed E-state index contributed by atoms with van der Waals surface area (Å²) >= 11 is 0. The summed E-state index contributed by atoms with van der Waals surface area (Å²) in [6, 6.07) is 17.7. The van der Waals surface area contributed by atoms with Crippen LogP contribution in [-0.4, -0.2) is 40.4 Å². The summed E-state index contributed by atoms with van der Waals surface area (Å²) in [7, 11) is 0. The van der Waals surface area contributed by atoms with E-state index in [0.717, 1.165) is 17.1 Å². The lowest BCUT2D eigenvalue weighted by atomic mass is 10.0. The van der Waals surface area contributed by atoms with Gasteiger partial charge in [-0.05, 0) is 75.2 Å². The van der Waals surface area contributed by atoms with Crippen LogP contribution in [0.4, 0.5) is 4.39 Å². The van der Waals surface area contributed by atoms with Gasteiger partial charge in [0.1, 0.15) is 5.82 Å². The summed E-state index contributed by atoms with van der Waals surface area (Å²) in [5, 5.41) is 3.06. The Hall–Kier alpha value is -3.41. The number of hydrogen-bond acceptors (Lipinski definition) is 2. The molecule has 1 aliphatic heterocycles. The Balaban J connectivity index is 1.34. The summed E-state index contributed by atoms with van der Waals surface area (Å²) in [4.78, 5) is 26.9. The summed E-state index contributed by atoms with van der Waals surface area (Å²) in [5.41, 5.74) is 4.02. The van der Waals surface area contributed by atoms with E-state index in [1.807, 2.05) is 24.3 Å². The summed E-state index contributed by atoms with van der Waals surface area (Å²) in [6.07, 6.45) is 1.29. The molecule has 2 amide bonds. The van der Waals surface area contributed by atoms with Gasteiger partial charge in [0.05, 0.1) is 5.56 Å². The number of rotatable bonds is 4. The Morgan fingerprint density at radius 1 is 0.903 bits per heavy atom. The molecule has 3 aromatic rings. The number of benzene rings is 2. The highest BCUT2D eigenvalue weighted by Crippen LogP contribution is 2.19. The van der Waals surface area contributed by atoms with Gasteiger partial charge in [0.15, 0.2) is 0 Å². The predicted octanol–water partition coefficient (Wildman–Crippen LogP) is 4.27. The normalized spacial score (nSPS) is 14.5. The van der Waals surface area contributed by atoms with Gasteiger partial charge in [0.2, 0.25) is 0 Å². The van der Waals surface area contributed by atoms with Crippen LogP contribution in [0.15, 0.2) is 60.7 Å². The fourth-order valence-electron chi connectivity index (χ4n) is 4.14. The zero-order valence-electron chi connectivity index (χ0n) is 17.8. The van der Waals surface area contributed by atoms with Crippen molar-refractivity contribution in [3.63, 3.8) is 0 Å². The van der Waals surface area contributed by atoms with Crippen LogP contribution >= 0.6 is 0 Å². The third kappa shape index (κ3) is 4.38. The topological polar surface area (TPSA) is 54.3 Å². The molecule has 0 bridgehead atoms. The van der Waals surface area contributed by atoms with Crippen molar-refractivity contribution < 1.29 is 14.0 Å². The van der Waals surface area contributed by atoms with E-state index in [1.165, 1.54) is 12.1 Å². The van der Waals surface area contributed by atoms with Crippen molar-refractivity contribution in [1.82, 2.24) is 14.8 Å². The van der Waals surface area contributed by atoms with Crippen molar-refractivity contribution in [2.75, 3.05) is 13.1 Å². The van der Waals surface area contributed by atoms with Crippen LogP contribution in [0.2, 0.25) is 0 Å². The second kappa shape index (κ2) is 8.76. The lowest BCUT2D eigenvalue weighted by molar-refractivity contribution is 0.0693. The van der Waals surface area contributed by atoms with E-state index in [1.54, 1.807) is 17.0 Å². The molecule has 1 aliphatic rings. The minimum Gasteiger partial charge on any atom is -0.349 e. The summed E-state index contributed by atoms with van der Waals surface area (Å²) in [5.74, 6) is -0.919. The van der Waals surface area contributed by atoms with E-state index in [9.17, 15) is 14.0 Å². The number of nitrogens with zero attached hydrogens (tertiary/aromatic N) is 2. The largest absolute Gasteiger partial charge is 0.349 e. The Labute approximate surface area is 181 Å². The van der Waals surface area contributed by atoms with Crippen molar-refractivity contribution in [3.8, 4) is 5.69 Å². The average Bonchev–Trinajstić information content (AvgIpc) is 3.12. The minimum atomic E-state index is -0.503. The van der Waals surface area contributed by atoms with E-state index in [4.69, 9.17) is 0 Å². The van der Waals surface area contributed by atoms with Crippen LogP contribution < -0.4 is 5.32 Å². The van der Waals surface area contributed by atoms with Crippen molar-refractivity contribution in [3.05, 3.63) is 89.0 Å². The molecule has 0 aliphatic carbocycles. The second-order valence-electron chi connectivity index (χ2n) is 8.02. The highest BCUT2D eigenvalue weighted by molar-refractivity contribution is 5.95. The zero-order valence-corrected chi connectivity index (χ0v) is 17.8. The monoisotopic (exact) mass is 419 g/mol. The number of hydrogen-bond donors (Lipinski definition) is 1. The van der Waals surface area contributed by atoms with Crippen LogP contribution in [0.5, 0.6) is 0 Å². The van der Waals surface area contributed by atoms with Gasteiger partial charge in [0, 0.05) is 41.8 Å². The minimum absolute atomic E-state index is 0.00853. The highest BCUT2D eigenvalue weighted by atomic mass is 19.1. The van der Waals surface area contributed by atoms with Crippen molar-refractivity contribution >= 4 is 11.8 Å². The molecule has 2 heterocycles. The van der Waals surface area contributed by atoms with Gasteiger partial charge in [-0.15, -0.1) is 0 Å². The maximum Gasteiger partial charge on any atom is 0.256 e. The first-order chi connectivity index (χ1) is 14.9. The number of piperidine rings is 1. The first-order valence-electron chi connectivity index (χ1n) is 10.5. The van der Waals surface area contributed by atoms with Crippen LogP contribution in [0, 0.1) is 19.7 Å². The van der Waals surface area contributed by atoms with Gasteiger partial charge < -0.3 is 14.8 Å². The van der Waals surface area contributed by atoms with E-state index in [-0.39, 0.29) is 23.4 Å². The maximum atomic E-state index is 13.9. The molecule has 0 atom stereocenters. The number of aromatic nitrogens is 1. The molecule has 31 heavy (non-hydrogen) atoms. The third-order valence-electron chi connectivity index (χ3n) is 5.88. The van der Waals surface area contributed by atoms with Gasteiger partial charge in [-0.1, -0.05) is 12.1 Å². The fourth-order valence-corrected chi connectivity index (χ4v) is 4.14. The first-order valence-corrected chi connectivity index (χ1v) is 10.5. The molecule has 160 valence electrons. The van der Waals surface area contributed by atoms with E-state index in [2.05, 4.69) is 35.9 Å². The number of likely N-dealkylation sites (tertiary alicyclic amines) is 1. The highest BCUT2D eigenvalue weighted by Gasteiger charge is 2.26. The first kappa shape index (κ1) is 20.8. The predicted molar refractivity (Wildman–Crippen MR) is 118 cm³/mol. The van der Waals surface area contributed by atoms with Crippen molar-refractivity contribution in [2.45, 2.75) is 32.7 Å². The van der Waals surface area contributed by atoms with Gasteiger partial charge in [-0.3, -0.25) is 9.59 Å². The Bertz CT molecular complexity index is 1080. The van der Waals surface area contributed by atoms with E-state index >= 15 is 0 Å². The molecule has 2 aromatic carbocycles. The summed E-state index contributed by atoms with van der Waals surface area (Å²) < 4.78 is 16.0. The molecule has 1 aromatic heterocycles. The Morgan fingerprint density at radius 3 is 2.13 bits per heavy atom. The van der Waals surface area contributed by atoms with Crippen molar-refractivity contribution in [2.24, 2.45) is 0 Å². The standard InChI is InChI=1S/C25H26FN3O2/c1-17-7-8-18(2)29(17)21-11-9-19(10-12-21)24(30)27-20-13-15-28(16-14-20)25(31)22-5-3-4-6-23(22)26/h3-12,20H,13-16H2,1-2H3,(H,27,30). The molecule has 1 saturated heterocycles. The van der Waals surface area contributed by atoms with E-state index in [0.29, 0.717) is 31.5 Å². The smallest absolute Gasteiger partial charge is 0.256 e. The Kier molecular flexibility index (Phi) is 5.89. The molecule has 6 heteroatoms. The quantitative estimate of drug-likeness (QED) is 0.687. The van der Waals surface area contributed by atoms with Crippen LogP contribution in [0.25, 0.3) is 5.69 Å². The SMILES string of the molecule is Cc1ccc(C)n1-c1ccc(C(=O)NC2CCN(C(=O)c3ccccc3F)CC2)cc1. The van der Waals surface area contributed by atoms with Crippen LogP contribution in [-0.2, 0) is 0 Å². The van der Waals surface area contributed by atoms with Crippen LogP contribution in [0.1, 0.15) is 44.9 Å². The molecule has 0 radical (unpaired) electrons. The molecule has 4 rings (SSSR count). The molecule has 1 fully saturated rings. The van der Waals surface area contributed by atoms with E-state index < -0.39 is 5.82 Å². The molecule has 5 nitrogen and oxygen atoms in total. The summed E-state index contributed by atoms with van der Waals surface area (Å²) in [6.45, 7) is 5.08. The average molecular weight is 420 g/mol. The fraction of sp³-hybridized carbons (Fsp3) is 0.280. The van der Waals surface area contributed by atoms with Crippen molar-refractivity contribution in [1.29, 1.82) is 0 Å². The number of nitrogens with one attached hydrogen (secondary N) is 1. The number of carbonyl (C=O) groups is 2. The lowest BCUT2D eigenvalue weighted by Gasteiger charge is -2.32. The lowest BCUT2D eigenvalue weighted by Crippen LogP contribution is -2.46. The number of amides is 2. The second-order valence-corrected chi connectivity index (χ2v) is 8.02. The molecule has 0 unspecified atom stereocenters. The van der Waals surface area contributed by atoms with Gasteiger partial charge in [-0.25, -0.2) is 4.39 Å². The molecule has 1 N–H and O–H groups in total. The number of halogens is 1. The zero-order chi connectivity index (χ0) is 22.0. The molecule has 0 saturated carbocycles. The third-order valence-corrected chi connectivity index (χ3v) is 5.88. The molecule has 0 spiro atoms. The van der Waals surface area contributed by atoms with Gasteiger partial charge in [0.25, 0.3) is 11.8 Å². The number of aryl methyl sites for hydroxylation is 2.